The molecule has 0 saturated carbocycles. The Morgan fingerprint density at radius 1 is 1.47 bits per heavy atom. The molecular formula is C11H13BrN4O3. The number of hydrogen-bond donors (Lipinski definition) is 0. The Hall–Kier alpha value is -1.70. The first-order valence-corrected chi connectivity index (χ1v) is 6.51. The molecule has 0 aliphatic carbocycles. The third kappa shape index (κ3) is 2.83. The van der Waals surface area contributed by atoms with Gasteiger partial charge in [0, 0.05) is 0 Å². The molecule has 8 heteroatoms. The van der Waals surface area contributed by atoms with E-state index in [2.05, 4.69) is 31.2 Å². The fraction of sp³-hybridized carbons (Fsp3) is 0.455. The van der Waals surface area contributed by atoms with Crippen molar-refractivity contribution in [3.05, 3.63) is 27.6 Å². The molecule has 0 spiro atoms. The number of esters is 1. The standard InChI is InChI=1S/C11H13BrN4O3/c1-4-18-11(17)10-13-8(15-19-10)5-16-7(3)9(12)6(2)14-16/h4-5H2,1-3H3. The summed E-state index contributed by atoms with van der Waals surface area (Å²) in [5.41, 5.74) is 1.84. The minimum absolute atomic E-state index is 0.141. The van der Waals surface area contributed by atoms with E-state index in [1.165, 1.54) is 0 Å². The van der Waals surface area contributed by atoms with Crippen molar-refractivity contribution in [1.82, 2.24) is 19.9 Å². The maximum atomic E-state index is 11.4. The van der Waals surface area contributed by atoms with Gasteiger partial charge in [0.15, 0.2) is 5.82 Å². The fourth-order valence-electron chi connectivity index (χ4n) is 1.56. The molecule has 0 aliphatic heterocycles. The number of rotatable bonds is 4. The molecule has 0 N–H and O–H groups in total. The highest BCUT2D eigenvalue weighted by molar-refractivity contribution is 9.10. The van der Waals surface area contributed by atoms with Crippen molar-refractivity contribution < 1.29 is 14.1 Å². The summed E-state index contributed by atoms with van der Waals surface area (Å²) in [7, 11) is 0. The second-order valence-electron chi connectivity index (χ2n) is 3.88. The molecular weight excluding hydrogens is 316 g/mol. The summed E-state index contributed by atoms with van der Waals surface area (Å²) >= 11 is 3.44. The molecule has 2 rings (SSSR count). The Morgan fingerprint density at radius 2 is 2.21 bits per heavy atom. The van der Waals surface area contributed by atoms with Gasteiger partial charge in [0.05, 0.1) is 22.5 Å². The zero-order valence-corrected chi connectivity index (χ0v) is 12.4. The zero-order chi connectivity index (χ0) is 14.0. The molecule has 0 unspecified atom stereocenters. The van der Waals surface area contributed by atoms with Crippen molar-refractivity contribution in [1.29, 1.82) is 0 Å². The van der Waals surface area contributed by atoms with E-state index in [1.807, 2.05) is 13.8 Å². The largest absolute Gasteiger partial charge is 0.459 e. The van der Waals surface area contributed by atoms with Crippen LogP contribution in [0.2, 0.25) is 0 Å². The van der Waals surface area contributed by atoms with Crippen LogP contribution in [0.5, 0.6) is 0 Å². The quantitative estimate of drug-likeness (QED) is 0.797. The molecule has 0 amide bonds. The van der Waals surface area contributed by atoms with E-state index in [1.54, 1.807) is 11.6 Å². The second-order valence-corrected chi connectivity index (χ2v) is 4.67. The molecule has 2 heterocycles. The summed E-state index contributed by atoms with van der Waals surface area (Å²) in [5, 5.41) is 8.06. The first-order valence-electron chi connectivity index (χ1n) is 5.72. The Morgan fingerprint density at radius 3 is 2.79 bits per heavy atom. The molecule has 2 aromatic rings. The minimum Gasteiger partial charge on any atom is -0.459 e. The van der Waals surface area contributed by atoms with Crippen LogP contribution in [-0.4, -0.2) is 32.5 Å². The van der Waals surface area contributed by atoms with Crippen LogP contribution in [-0.2, 0) is 11.3 Å². The molecule has 0 bridgehead atoms. The van der Waals surface area contributed by atoms with E-state index in [0.29, 0.717) is 12.4 Å². The van der Waals surface area contributed by atoms with E-state index in [9.17, 15) is 4.79 Å². The van der Waals surface area contributed by atoms with Crippen molar-refractivity contribution in [2.75, 3.05) is 6.61 Å². The fourth-order valence-corrected chi connectivity index (χ4v) is 1.84. The van der Waals surface area contributed by atoms with E-state index in [-0.39, 0.29) is 12.5 Å². The second kappa shape index (κ2) is 5.52. The number of hydrogen-bond acceptors (Lipinski definition) is 6. The summed E-state index contributed by atoms with van der Waals surface area (Å²) < 4.78 is 12.3. The Bertz CT molecular complexity index is 605. The highest BCUT2D eigenvalue weighted by Crippen LogP contribution is 2.20. The van der Waals surface area contributed by atoms with Gasteiger partial charge in [-0.2, -0.15) is 10.1 Å². The molecule has 7 nitrogen and oxygen atoms in total. The van der Waals surface area contributed by atoms with Crippen molar-refractivity contribution in [2.24, 2.45) is 0 Å². The van der Waals surface area contributed by atoms with Gasteiger partial charge in [-0.3, -0.25) is 4.68 Å². The average Bonchev–Trinajstić information content (AvgIpc) is 2.92. The maximum Gasteiger partial charge on any atom is 0.397 e. The van der Waals surface area contributed by atoms with Crippen LogP contribution in [0.3, 0.4) is 0 Å². The first-order chi connectivity index (χ1) is 9.02. The van der Waals surface area contributed by atoms with Crippen molar-refractivity contribution in [2.45, 2.75) is 27.3 Å². The third-order valence-corrected chi connectivity index (χ3v) is 3.65. The topological polar surface area (TPSA) is 83.0 Å². The van der Waals surface area contributed by atoms with Gasteiger partial charge in [0.1, 0.15) is 6.54 Å². The summed E-state index contributed by atoms with van der Waals surface area (Å²) in [6.45, 7) is 6.13. The summed E-state index contributed by atoms with van der Waals surface area (Å²) in [6.07, 6.45) is 0. The Balaban J connectivity index is 2.16. The molecule has 0 saturated heterocycles. The van der Waals surface area contributed by atoms with Crippen LogP contribution < -0.4 is 0 Å². The van der Waals surface area contributed by atoms with Crippen LogP contribution >= 0.6 is 15.9 Å². The predicted octanol–water partition coefficient (Wildman–Crippen LogP) is 1.87. The van der Waals surface area contributed by atoms with Crippen LogP contribution in [0.25, 0.3) is 0 Å². The molecule has 102 valence electrons. The van der Waals surface area contributed by atoms with Gasteiger partial charge < -0.3 is 9.26 Å². The van der Waals surface area contributed by atoms with Gasteiger partial charge in [0.2, 0.25) is 0 Å². The highest BCUT2D eigenvalue weighted by atomic mass is 79.9. The Kier molecular flexibility index (Phi) is 3.98. The van der Waals surface area contributed by atoms with E-state index < -0.39 is 5.97 Å². The van der Waals surface area contributed by atoms with Gasteiger partial charge in [-0.05, 0) is 36.7 Å². The Labute approximate surface area is 118 Å². The van der Waals surface area contributed by atoms with Gasteiger partial charge in [-0.1, -0.05) is 5.16 Å². The molecule has 0 fully saturated rings. The van der Waals surface area contributed by atoms with Gasteiger partial charge in [0.25, 0.3) is 0 Å². The lowest BCUT2D eigenvalue weighted by molar-refractivity contribution is 0.0470. The smallest absolute Gasteiger partial charge is 0.397 e. The van der Waals surface area contributed by atoms with E-state index >= 15 is 0 Å². The van der Waals surface area contributed by atoms with Crippen LogP contribution in [0, 0.1) is 13.8 Å². The van der Waals surface area contributed by atoms with Crippen LogP contribution in [0.4, 0.5) is 0 Å². The predicted molar refractivity (Wildman–Crippen MR) is 68.8 cm³/mol. The maximum absolute atomic E-state index is 11.4. The van der Waals surface area contributed by atoms with Crippen LogP contribution in [0.15, 0.2) is 9.00 Å². The van der Waals surface area contributed by atoms with Crippen molar-refractivity contribution >= 4 is 21.9 Å². The number of halogens is 1. The third-order valence-electron chi connectivity index (χ3n) is 2.50. The lowest BCUT2D eigenvalue weighted by Gasteiger charge is -1.99. The normalized spacial score (nSPS) is 10.7. The summed E-state index contributed by atoms with van der Waals surface area (Å²) in [4.78, 5) is 15.4. The van der Waals surface area contributed by atoms with E-state index in [0.717, 1.165) is 15.9 Å². The van der Waals surface area contributed by atoms with Crippen molar-refractivity contribution in [3.63, 3.8) is 0 Å². The monoisotopic (exact) mass is 328 g/mol. The van der Waals surface area contributed by atoms with Gasteiger partial charge in [-0.15, -0.1) is 0 Å². The number of nitrogens with zero attached hydrogens (tertiary/aromatic N) is 4. The highest BCUT2D eigenvalue weighted by Gasteiger charge is 2.17. The summed E-state index contributed by atoms with van der Waals surface area (Å²) in [5.74, 6) is -0.380. The van der Waals surface area contributed by atoms with Gasteiger partial charge >= 0.3 is 11.9 Å². The van der Waals surface area contributed by atoms with Crippen LogP contribution in [0.1, 0.15) is 34.8 Å². The first kappa shape index (κ1) is 13.7. The lowest BCUT2D eigenvalue weighted by Crippen LogP contribution is -2.07. The lowest BCUT2D eigenvalue weighted by atomic mass is 10.4. The minimum atomic E-state index is -0.615. The summed E-state index contributed by atoms with van der Waals surface area (Å²) in [6, 6.07) is 0. The molecule has 0 aromatic carbocycles. The van der Waals surface area contributed by atoms with E-state index in [4.69, 9.17) is 9.26 Å². The zero-order valence-electron chi connectivity index (χ0n) is 10.8. The number of carbonyl (C=O) groups excluding carboxylic acids is 1. The number of ether oxygens (including phenoxy) is 1. The molecule has 2 aromatic heterocycles. The number of aryl methyl sites for hydroxylation is 1. The molecule has 0 atom stereocenters. The van der Waals surface area contributed by atoms with Crippen molar-refractivity contribution in [3.8, 4) is 0 Å². The number of carbonyl (C=O) groups is 1. The van der Waals surface area contributed by atoms with Gasteiger partial charge in [-0.25, -0.2) is 4.79 Å². The number of aromatic nitrogens is 4. The molecule has 0 aliphatic rings. The SMILES string of the molecule is CCOC(=O)c1nc(Cn2nc(C)c(Br)c2C)no1. The average molecular weight is 329 g/mol. The molecule has 19 heavy (non-hydrogen) atoms. The molecule has 0 radical (unpaired) electrons.